The van der Waals surface area contributed by atoms with E-state index in [2.05, 4.69) is 31.1 Å². The molecule has 0 spiro atoms. The second kappa shape index (κ2) is 5.05. The highest BCUT2D eigenvalue weighted by atomic mass is 79.9. The van der Waals surface area contributed by atoms with Gasteiger partial charge in [0.1, 0.15) is 0 Å². The second-order valence-corrected chi connectivity index (χ2v) is 5.20. The van der Waals surface area contributed by atoms with Crippen molar-refractivity contribution < 1.29 is 4.52 Å². The van der Waals surface area contributed by atoms with Crippen molar-refractivity contribution in [2.75, 3.05) is 5.73 Å². The quantitative estimate of drug-likeness (QED) is 0.778. The van der Waals surface area contributed by atoms with E-state index in [1.54, 1.807) is 18.3 Å². The van der Waals surface area contributed by atoms with Crippen molar-refractivity contribution in [2.24, 2.45) is 0 Å². The van der Waals surface area contributed by atoms with Crippen molar-refractivity contribution in [1.82, 2.24) is 15.1 Å². The van der Waals surface area contributed by atoms with E-state index in [9.17, 15) is 0 Å². The number of pyridine rings is 1. The van der Waals surface area contributed by atoms with Crippen LogP contribution in [0.4, 0.5) is 5.69 Å². The van der Waals surface area contributed by atoms with Gasteiger partial charge in [-0.1, -0.05) is 27.2 Å². The average molecular weight is 331 g/mol. The van der Waals surface area contributed by atoms with Gasteiger partial charge in [-0.15, -0.1) is 0 Å². The first-order valence-electron chi connectivity index (χ1n) is 5.96. The Balaban J connectivity index is 2.04. The summed E-state index contributed by atoms with van der Waals surface area (Å²) >= 11 is 3.50. The maximum Gasteiger partial charge on any atom is 0.278 e. The molecule has 0 bridgehead atoms. The number of aromatic nitrogens is 3. The summed E-state index contributed by atoms with van der Waals surface area (Å²) in [5.74, 6) is 0.808. The van der Waals surface area contributed by atoms with E-state index in [1.165, 1.54) is 0 Å². The van der Waals surface area contributed by atoms with Gasteiger partial charge in [0, 0.05) is 16.2 Å². The predicted molar refractivity (Wildman–Crippen MR) is 79.8 cm³/mol. The minimum atomic E-state index is 0.311. The van der Waals surface area contributed by atoms with E-state index in [0.29, 0.717) is 23.1 Å². The summed E-state index contributed by atoms with van der Waals surface area (Å²) < 4.78 is 6.16. The standard InChI is InChI=1S/C14H11BrN4O/c1-8-4-5-9(10(15)7-8)13-18-14(20-19-13)12-11(16)3-2-6-17-12/h2-7H,16H2,1H3. The zero-order chi connectivity index (χ0) is 14.1. The molecule has 0 amide bonds. The molecule has 100 valence electrons. The van der Waals surface area contributed by atoms with Crippen LogP contribution in [0.15, 0.2) is 45.5 Å². The summed E-state index contributed by atoms with van der Waals surface area (Å²) in [5, 5.41) is 3.98. The minimum absolute atomic E-state index is 0.311. The van der Waals surface area contributed by atoms with Crippen LogP contribution in [0.1, 0.15) is 5.56 Å². The lowest BCUT2D eigenvalue weighted by Gasteiger charge is -2.00. The number of rotatable bonds is 2. The first-order chi connectivity index (χ1) is 9.65. The summed E-state index contributed by atoms with van der Waals surface area (Å²) in [6, 6.07) is 9.43. The van der Waals surface area contributed by atoms with Gasteiger partial charge in [-0.2, -0.15) is 4.98 Å². The van der Waals surface area contributed by atoms with E-state index in [1.807, 2.05) is 25.1 Å². The lowest BCUT2D eigenvalue weighted by Crippen LogP contribution is -1.92. The Kier molecular flexibility index (Phi) is 3.23. The number of hydrogen-bond donors (Lipinski definition) is 1. The molecule has 0 aliphatic carbocycles. The number of nitrogens with two attached hydrogens (primary N) is 1. The molecule has 5 nitrogen and oxygen atoms in total. The Hall–Kier alpha value is -2.21. The Morgan fingerprint density at radius 3 is 2.85 bits per heavy atom. The number of nitrogen functional groups attached to an aromatic ring is 1. The van der Waals surface area contributed by atoms with Crippen LogP contribution in [0.25, 0.3) is 23.0 Å². The van der Waals surface area contributed by atoms with E-state index in [4.69, 9.17) is 10.3 Å². The van der Waals surface area contributed by atoms with E-state index < -0.39 is 0 Å². The normalized spacial score (nSPS) is 10.7. The molecule has 3 aromatic rings. The third-order valence-electron chi connectivity index (χ3n) is 2.83. The predicted octanol–water partition coefficient (Wildman–Crippen LogP) is 3.45. The smallest absolute Gasteiger partial charge is 0.278 e. The number of halogens is 1. The van der Waals surface area contributed by atoms with E-state index >= 15 is 0 Å². The van der Waals surface area contributed by atoms with Crippen LogP contribution in [-0.4, -0.2) is 15.1 Å². The first-order valence-corrected chi connectivity index (χ1v) is 6.75. The molecule has 2 heterocycles. The maximum absolute atomic E-state index is 5.85. The molecule has 6 heteroatoms. The summed E-state index contributed by atoms with van der Waals surface area (Å²) in [6.45, 7) is 2.02. The van der Waals surface area contributed by atoms with E-state index in [0.717, 1.165) is 15.6 Å². The minimum Gasteiger partial charge on any atom is -0.397 e. The van der Waals surface area contributed by atoms with Crippen molar-refractivity contribution in [1.29, 1.82) is 0 Å². The van der Waals surface area contributed by atoms with E-state index in [-0.39, 0.29) is 0 Å². The zero-order valence-electron chi connectivity index (χ0n) is 10.7. The van der Waals surface area contributed by atoms with Crippen molar-refractivity contribution in [2.45, 2.75) is 6.92 Å². The third kappa shape index (κ3) is 2.30. The van der Waals surface area contributed by atoms with Gasteiger partial charge < -0.3 is 10.3 Å². The van der Waals surface area contributed by atoms with Gasteiger partial charge in [0.2, 0.25) is 5.82 Å². The molecule has 0 aliphatic rings. The molecule has 0 saturated heterocycles. The lowest BCUT2D eigenvalue weighted by molar-refractivity contribution is 0.431. The van der Waals surface area contributed by atoms with Crippen molar-refractivity contribution >= 4 is 21.6 Å². The second-order valence-electron chi connectivity index (χ2n) is 4.35. The molecule has 0 radical (unpaired) electrons. The van der Waals surface area contributed by atoms with Crippen molar-refractivity contribution in [3.05, 3.63) is 46.6 Å². The number of anilines is 1. The highest BCUT2D eigenvalue weighted by molar-refractivity contribution is 9.10. The summed E-state index contributed by atoms with van der Waals surface area (Å²) in [4.78, 5) is 8.51. The molecule has 0 atom stereocenters. The van der Waals surface area contributed by atoms with Crippen LogP contribution in [-0.2, 0) is 0 Å². The SMILES string of the molecule is Cc1ccc(-c2noc(-c3ncccc3N)n2)c(Br)c1. The van der Waals surface area contributed by atoms with Crippen LogP contribution >= 0.6 is 15.9 Å². The Bertz CT molecular complexity index is 769. The summed E-state index contributed by atoms with van der Waals surface area (Å²) in [5.41, 5.74) is 8.86. The largest absolute Gasteiger partial charge is 0.397 e. The van der Waals surface area contributed by atoms with Crippen LogP contribution in [0, 0.1) is 6.92 Å². The highest BCUT2D eigenvalue weighted by Gasteiger charge is 2.15. The maximum atomic E-state index is 5.85. The monoisotopic (exact) mass is 330 g/mol. The lowest BCUT2D eigenvalue weighted by atomic mass is 10.1. The molecule has 3 rings (SSSR count). The highest BCUT2D eigenvalue weighted by Crippen LogP contribution is 2.29. The van der Waals surface area contributed by atoms with Crippen molar-refractivity contribution in [3.8, 4) is 23.0 Å². The fourth-order valence-electron chi connectivity index (χ4n) is 1.83. The Morgan fingerprint density at radius 2 is 2.10 bits per heavy atom. The molecule has 0 saturated carbocycles. The van der Waals surface area contributed by atoms with Crippen molar-refractivity contribution in [3.63, 3.8) is 0 Å². The Morgan fingerprint density at radius 1 is 1.25 bits per heavy atom. The number of aryl methyl sites for hydroxylation is 1. The van der Waals surface area contributed by atoms with Gasteiger partial charge in [0.05, 0.1) is 5.69 Å². The molecule has 0 unspecified atom stereocenters. The Labute approximate surface area is 124 Å². The van der Waals surface area contributed by atoms with Crippen LogP contribution < -0.4 is 5.73 Å². The van der Waals surface area contributed by atoms with Crippen LogP contribution in [0.2, 0.25) is 0 Å². The zero-order valence-corrected chi connectivity index (χ0v) is 12.3. The molecule has 0 aliphatic heterocycles. The number of nitrogens with zero attached hydrogens (tertiary/aromatic N) is 3. The first kappa shape index (κ1) is 12.8. The average Bonchev–Trinajstić information content (AvgIpc) is 2.88. The number of hydrogen-bond acceptors (Lipinski definition) is 5. The molecule has 0 fully saturated rings. The van der Waals surface area contributed by atoms with Gasteiger partial charge >= 0.3 is 0 Å². The summed E-state index contributed by atoms with van der Waals surface area (Å²) in [7, 11) is 0. The summed E-state index contributed by atoms with van der Waals surface area (Å²) in [6.07, 6.45) is 1.64. The van der Waals surface area contributed by atoms with Crippen LogP contribution in [0.5, 0.6) is 0 Å². The van der Waals surface area contributed by atoms with Gasteiger partial charge in [-0.3, -0.25) is 0 Å². The molecule has 2 aromatic heterocycles. The fraction of sp³-hybridized carbons (Fsp3) is 0.0714. The molecule has 20 heavy (non-hydrogen) atoms. The van der Waals surface area contributed by atoms with Gasteiger partial charge in [0.25, 0.3) is 5.89 Å². The number of benzene rings is 1. The third-order valence-corrected chi connectivity index (χ3v) is 3.49. The fourth-order valence-corrected chi connectivity index (χ4v) is 2.50. The van der Waals surface area contributed by atoms with Gasteiger partial charge in [-0.25, -0.2) is 4.98 Å². The van der Waals surface area contributed by atoms with Gasteiger partial charge in [-0.05, 0) is 36.8 Å². The molecule has 1 aromatic carbocycles. The molecular weight excluding hydrogens is 320 g/mol. The van der Waals surface area contributed by atoms with Gasteiger partial charge in [0.15, 0.2) is 5.69 Å². The molecule has 2 N–H and O–H groups in total. The molecular formula is C14H11BrN4O. The van der Waals surface area contributed by atoms with Crippen LogP contribution in [0.3, 0.4) is 0 Å². The topological polar surface area (TPSA) is 77.8 Å².